The van der Waals surface area contributed by atoms with Crippen molar-refractivity contribution in [2.24, 2.45) is 0 Å². The van der Waals surface area contributed by atoms with Gasteiger partial charge in [-0.3, -0.25) is 10.1 Å². The maximum absolute atomic E-state index is 10.7. The van der Waals surface area contributed by atoms with E-state index in [0.29, 0.717) is 12.7 Å². The minimum absolute atomic E-state index is 0.0853. The summed E-state index contributed by atoms with van der Waals surface area (Å²) < 4.78 is 5.78. The molecule has 0 heterocycles. The molecule has 5 nitrogen and oxygen atoms in total. The third-order valence-corrected chi connectivity index (χ3v) is 3.79. The summed E-state index contributed by atoms with van der Waals surface area (Å²) >= 11 is 0. The highest BCUT2D eigenvalue weighted by Crippen LogP contribution is 2.21. The Labute approximate surface area is 119 Å². The molecule has 0 spiro atoms. The number of nitro benzene ring substituents is 1. The van der Waals surface area contributed by atoms with Crippen LogP contribution in [0.25, 0.3) is 0 Å². The minimum atomic E-state index is -0.362. The molecule has 0 radical (unpaired) electrons. The van der Waals surface area contributed by atoms with Crippen LogP contribution in [0.1, 0.15) is 44.2 Å². The molecule has 1 saturated carbocycles. The number of hydrogen-bond donors (Lipinski definition) is 1. The van der Waals surface area contributed by atoms with Crippen LogP contribution in [-0.4, -0.2) is 24.2 Å². The standard InChI is InChI=1S/C15H22N2O3/c1-12(13-5-4-6-14(11-13)17(18)19)16-9-10-20-15-7-2-3-8-15/h4-6,11-12,15-16H,2-3,7-10H2,1H3. The smallest absolute Gasteiger partial charge is 0.269 e. The number of nitrogens with one attached hydrogen (secondary N) is 1. The quantitative estimate of drug-likeness (QED) is 0.472. The van der Waals surface area contributed by atoms with Gasteiger partial charge in [-0.05, 0) is 25.3 Å². The number of benzene rings is 1. The van der Waals surface area contributed by atoms with Gasteiger partial charge in [-0.1, -0.05) is 25.0 Å². The molecule has 1 aromatic rings. The van der Waals surface area contributed by atoms with E-state index in [0.717, 1.165) is 12.1 Å². The van der Waals surface area contributed by atoms with E-state index in [2.05, 4.69) is 5.32 Å². The Bertz CT molecular complexity index is 444. The molecule has 0 aromatic heterocycles. The summed E-state index contributed by atoms with van der Waals surface area (Å²) in [5.41, 5.74) is 1.07. The Morgan fingerprint density at radius 2 is 2.20 bits per heavy atom. The molecule has 1 fully saturated rings. The van der Waals surface area contributed by atoms with Crippen LogP contribution in [-0.2, 0) is 4.74 Å². The summed E-state index contributed by atoms with van der Waals surface area (Å²) in [7, 11) is 0. The summed E-state index contributed by atoms with van der Waals surface area (Å²) in [6.45, 7) is 3.47. The van der Waals surface area contributed by atoms with Gasteiger partial charge in [0.25, 0.3) is 5.69 Å². The van der Waals surface area contributed by atoms with Gasteiger partial charge < -0.3 is 10.1 Å². The van der Waals surface area contributed by atoms with E-state index in [4.69, 9.17) is 4.74 Å². The van der Waals surface area contributed by atoms with Crippen LogP contribution < -0.4 is 5.32 Å². The number of rotatable bonds is 7. The fraction of sp³-hybridized carbons (Fsp3) is 0.600. The van der Waals surface area contributed by atoms with Crippen LogP contribution in [0.5, 0.6) is 0 Å². The van der Waals surface area contributed by atoms with Gasteiger partial charge in [0, 0.05) is 24.7 Å². The normalized spacial score (nSPS) is 17.2. The minimum Gasteiger partial charge on any atom is -0.377 e. The van der Waals surface area contributed by atoms with Crippen molar-refractivity contribution in [3.63, 3.8) is 0 Å². The molecular weight excluding hydrogens is 256 g/mol. The molecule has 1 unspecified atom stereocenters. The molecule has 0 saturated heterocycles. The lowest BCUT2D eigenvalue weighted by atomic mass is 10.1. The predicted molar refractivity (Wildman–Crippen MR) is 77.7 cm³/mol. The van der Waals surface area contributed by atoms with Crippen molar-refractivity contribution < 1.29 is 9.66 Å². The van der Waals surface area contributed by atoms with Crippen LogP contribution in [0.2, 0.25) is 0 Å². The van der Waals surface area contributed by atoms with Gasteiger partial charge in [0.1, 0.15) is 0 Å². The van der Waals surface area contributed by atoms with Crippen molar-refractivity contribution in [2.45, 2.75) is 44.8 Å². The molecule has 1 aromatic carbocycles. The van der Waals surface area contributed by atoms with Crippen LogP contribution in [0.15, 0.2) is 24.3 Å². The molecule has 2 rings (SSSR count). The Balaban J connectivity index is 1.74. The van der Waals surface area contributed by atoms with Gasteiger partial charge in [0.15, 0.2) is 0 Å². The lowest BCUT2D eigenvalue weighted by Gasteiger charge is -2.16. The molecule has 1 aliphatic rings. The van der Waals surface area contributed by atoms with Crippen molar-refractivity contribution in [3.05, 3.63) is 39.9 Å². The van der Waals surface area contributed by atoms with E-state index in [1.807, 2.05) is 13.0 Å². The molecule has 0 aliphatic heterocycles. The van der Waals surface area contributed by atoms with E-state index in [1.54, 1.807) is 12.1 Å². The topological polar surface area (TPSA) is 64.4 Å². The molecule has 20 heavy (non-hydrogen) atoms. The SMILES string of the molecule is CC(NCCOC1CCCC1)c1cccc([N+](=O)[O-])c1. The summed E-state index contributed by atoms with van der Waals surface area (Å²) in [4.78, 5) is 10.4. The zero-order valence-corrected chi connectivity index (χ0v) is 11.9. The highest BCUT2D eigenvalue weighted by molar-refractivity contribution is 5.35. The van der Waals surface area contributed by atoms with Gasteiger partial charge in [0.05, 0.1) is 17.6 Å². The third-order valence-electron chi connectivity index (χ3n) is 3.79. The van der Waals surface area contributed by atoms with E-state index < -0.39 is 0 Å². The largest absolute Gasteiger partial charge is 0.377 e. The second-order valence-corrected chi connectivity index (χ2v) is 5.31. The number of hydrogen-bond acceptors (Lipinski definition) is 4. The molecular formula is C15H22N2O3. The first-order chi connectivity index (χ1) is 9.66. The molecule has 1 N–H and O–H groups in total. The van der Waals surface area contributed by atoms with Crippen LogP contribution in [0, 0.1) is 10.1 Å². The van der Waals surface area contributed by atoms with Crippen LogP contribution in [0.4, 0.5) is 5.69 Å². The second kappa shape index (κ2) is 7.36. The first kappa shape index (κ1) is 14.9. The molecule has 0 bridgehead atoms. The van der Waals surface area contributed by atoms with E-state index in [9.17, 15) is 10.1 Å². The van der Waals surface area contributed by atoms with Crippen molar-refractivity contribution in [1.29, 1.82) is 0 Å². The predicted octanol–water partition coefficient (Wildman–Crippen LogP) is 3.20. The lowest BCUT2D eigenvalue weighted by Crippen LogP contribution is -2.25. The van der Waals surface area contributed by atoms with Crippen molar-refractivity contribution in [3.8, 4) is 0 Å². The Kier molecular flexibility index (Phi) is 5.49. The van der Waals surface area contributed by atoms with Crippen molar-refractivity contribution in [1.82, 2.24) is 5.32 Å². The fourth-order valence-electron chi connectivity index (χ4n) is 2.58. The Morgan fingerprint density at radius 3 is 2.90 bits per heavy atom. The number of non-ortho nitro benzene ring substituents is 1. The summed E-state index contributed by atoms with van der Waals surface area (Å²) in [5, 5.41) is 14.1. The lowest BCUT2D eigenvalue weighted by molar-refractivity contribution is -0.384. The molecule has 5 heteroatoms. The first-order valence-electron chi connectivity index (χ1n) is 7.26. The van der Waals surface area contributed by atoms with Crippen LogP contribution >= 0.6 is 0 Å². The van der Waals surface area contributed by atoms with Crippen molar-refractivity contribution in [2.75, 3.05) is 13.2 Å². The molecule has 0 amide bonds. The molecule has 1 atom stereocenters. The first-order valence-corrected chi connectivity index (χ1v) is 7.26. The summed E-state index contributed by atoms with van der Waals surface area (Å²) in [6, 6.07) is 6.85. The number of nitrogens with zero attached hydrogens (tertiary/aromatic N) is 1. The number of ether oxygens (including phenoxy) is 1. The van der Waals surface area contributed by atoms with Gasteiger partial charge in [-0.2, -0.15) is 0 Å². The van der Waals surface area contributed by atoms with E-state index in [-0.39, 0.29) is 16.7 Å². The van der Waals surface area contributed by atoms with E-state index in [1.165, 1.54) is 31.7 Å². The fourth-order valence-corrected chi connectivity index (χ4v) is 2.58. The zero-order valence-electron chi connectivity index (χ0n) is 11.9. The van der Waals surface area contributed by atoms with Gasteiger partial charge in [0.2, 0.25) is 0 Å². The van der Waals surface area contributed by atoms with Crippen LogP contribution in [0.3, 0.4) is 0 Å². The maximum atomic E-state index is 10.7. The summed E-state index contributed by atoms with van der Waals surface area (Å²) in [6.07, 6.45) is 5.36. The van der Waals surface area contributed by atoms with Gasteiger partial charge in [-0.25, -0.2) is 0 Å². The highest BCUT2D eigenvalue weighted by atomic mass is 16.6. The maximum Gasteiger partial charge on any atom is 0.269 e. The Morgan fingerprint density at radius 1 is 1.45 bits per heavy atom. The average molecular weight is 278 g/mol. The average Bonchev–Trinajstić information content (AvgIpc) is 2.96. The zero-order chi connectivity index (χ0) is 14.4. The molecule has 1 aliphatic carbocycles. The van der Waals surface area contributed by atoms with Crippen molar-refractivity contribution >= 4 is 5.69 Å². The summed E-state index contributed by atoms with van der Waals surface area (Å²) in [5.74, 6) is 0. The monoisotopic (exact) mass is 278 g/mol. The van der Waals surface area contributed by atoms with E-state index >= 15 is 0 Å². The Hall–Kier alpha value is -1.46. The second-order valence-electron chi connectivity index (χ2n) is 5.31. The molecule has 110 valence electrons. The van der Waals surface area contributed by atoms with Gasteiger partial charge >= 0.3 is 0 Å². The number of nitro groups is 1. The highest BCUT2D eigenvalue weighted by Gasteiger charge is 2.15. The van der Waals surface area contributed by atoms with Gasteiger partial charge in [-0.15, -0.1) is 0 Å². The third kappa shape index (κ3) is 4.28.